The van der Waals surface area contributed by atoms with Crippen LogP contribution in [0.25, 0.3) is 0 Å². The van der Waals surface area contributed by atoms with Gasteiger partial charge in [-0.05, 0) is 44.2 Å². The van der Waals surface area contributed by atoms with Crippen LogP contribution in [0.3, 0.4) is 0 Å². The standard InChI is InChI=1S/C17H15Cl2F3N4O/c1-8-6-7-10(18)13(12(8)19)26(15(23)27)16-24-11-5-3-2-4-9(11)14(25-16)17(20,21)22/h6-7H,2-5H2,1H3,(H2,23,27). The van der Waals surface area contributed by atoms with E-state index in [9.17, 15) is 18.0 Å². The number of halogens is 5. The number of nitrogens with zero attached hydrogens (tertiary/aromatic N) is 3. The zero-order chi connectivity index (χ0) is 19.9. The van der Waals surface area contributed by atoms with E-state index >= 15 is 0 Å². The van der Waals surface area contributed by atoms with E-state index in [4.69, 9.17) is 28.9 Å². The van der Waals surface area contributed by atoms with E-state index in [2.05, 4.69) is 9.97 Å². The molecular weight excluding hydrogens is 404 g/mol. The second-order valence-electron chi connectivity index (χ2n) is 6.20. The van der Waals surface area contributed by atoms with Crippen molar-refractivity contribution in [2.24, 2.45) is 5.73 Å². The molecule has 0 spiro atoms. The van der Waals surface area contributed by atoms with Gasteiger partial charge in [-0.2, -0.15) is 13.2 Å². The fraction of sp³-hybridized carbons (Fsp3) is 0.353. The number of carbonyl (C=O) groups excluding carboxylic acids is 1. The second-order valence-corrected chi connectivity index (χ2v) is 6.99. The number of rotatable bonds is 2. The third-order valence-electron chi connectivity index (χ3n) is 4.34. The molecule has 3 rings (SSSR count). The summed E-state index contributed by atoms with van der Waals surface area (Å²) in [6.07, 6.45) is -2.79. The Morgan fingerprint density at radius 1 is 1.19 bits per heavy atom. The smallest absolute Gasteiger partial charge is 0.351 e. The highest BCUT2D eigenvalue weighted by molar-refractivity contribution is 6.40. The van der Waals surface area contributed by atoms with E-state index in [1.807, 2.05) is 0 Å². The lowest BCUT2D eigenvalue weighted by Gasteiger charge is -2.25. The van der Waals surface area contributed by atoms with Crippen LogP contribution in [0, 0.1) is 6.92 Å². The molecule has 0 saturated carbocycles. The molecule has 2 aromatic rings. The van der Waals surface area contributed by atoms with Crippen molar-refractivity contribution >= 4 is 40.9 Å². The highest BCUT2D eigenvalue weighted by atomic mass is 35.5. The Balaban J connectivity index is 2.27. The monoisotopic (exact) mass is 418 g/mol. The maximum Gasteiger partial charge on any atom is 0.433 e. The molecule has 1 aromatic carbocycles. The second kappa shape index (κ2) is 7.16. The molecule has 144 valence electrons. The average molecular weight is 419 g/mol. The Labute approximate surface area is 163 Å². The summed E-state index contributed by atoms with van der Waals surface area (Å²) < 4.78 is 40.7. The number of primary amides is 1. The first kappa shape index (κ1) is 19.7. The lowest BCUT2D eigenvalue weighted by molar-refractivity contribution is -0.142. The van der Waals surface area contributed by atoms with Crippen molar-refractivity contribution in [3.63, 3.8) is 0 Å². The third-order valence-corrected chi connectivity index (χ3v) is 5.13. The maximum atomic E-state index is 13.6. The Kier molecular flexibility index (Phi) is 5.22. The molecule has 0 unspecified atom stereocenters. The lowest BCUT2D eigenvalue weighted by Crippen LogP contribution is -2.35. The molecule has 1 heterocycles. The van der Waals surface area contributed by atoms with Gasteiger partial charge in [0.25, 0.3) is 0 Å². The van der Waals surface area contributed by atoms with Gasteiger partial charge in [0.15, 0.2) is 5.69 Å². The molecule has 1 aliphatic rings. The van der Waals surface area contributed by atoms with Crippen LogP contribution < -0.4 is 10.6 Å². The Morgan fingerprint density at radius 3 is 2.48 bits per heavy atom. The van der Waals surface area contributed by atoms with Gasteiger partial charge in [0.1, 0.15) is 0 Å². The van der Waals surface area contributed by atoms with Crippen LogP contribution in [-0.2, 0) is 19.0 Å². The van der Waals surface area contributed by atoms with E-state index in [0.717, 1.165) is 4.90 Å². The first-order chi connectivity index (χ1) is 12.6. The van der Waals surface area contributed by atoms with Crippen LogP contribution in [0.15, 0.2) is 12.1 Å². The van der Waals surface area contributed by atoms with Crippen LogP contribution in [0.1, 0.15) is 35.4 Å². The normalized spacial score (nSPS) is 14.0. The zero-order valence-corrected chi connectivity index (χ0v) is 15.7. The molecule has 2 amide bonds. The predicted octanol–water partition coefficient (Wildman–Crippen LogP) is 5.21. The molecule has 2 N–H and O–H groups in total. The number of aryl methyl sites for hydroxylation is 2. The van der Waals surface area contributed by atoms with Gasteiger partial charge in [-0.1, -0.05) is 29.3 Å². The maximum absolute atomic E-state index is 13.6. The zero-order valence-electron chi connectivity index (χ0n) is 14.2. The number of anilines is 2. The summed E-state index contributed by atoms with van der Waals surface area (Å²) in [5.74, 6) is -0.495. The van der Waals surface area contributed by atoms with Crippen LogP contribution in [0.4, 0.5) is 29.6 Å². The SMILES string of the molecule is Cc1ccc(Cl)c(N(C(N)=O)c2nc3c(c(C(F)(F)F)n2)CCCC3)c1Cl. The molecule has 0 fully saturated rings. The van der Waals surface area contributed by atoms with Crippen LogP contribution in [-0.4, -0.2) is 16.0 Å². The summed E-state index contributed by atoms with van der Waals surface area (Å²) in [5, 5.41) is 0.121. The van der Waals surface area contributed by atoms with E-state index in [0.29, 0.717) is 24.8 Å². The number of nitrogens with two attached hydrogens (primary N) is 1. The van der Waals surface area contributed by atoms with E-state index in [1.54, 1.807) is 13.0 Å². The highest BCUT2D eigenvalue weighted by Crippen LogP contribution is 2.41. The van der Waals surface area contributed by atoms with Gasteiger partial charge in [0.05, 0.1) is 15.7 Å². The van der Waals surface area contributed by atoms with Crippen LogP contribution in [0.5, 0.6) is 0 Å². The molecule has 0 saturated heterocycles. The number of hydrogen-bond acceptors (Lipinski definition) is 3. The van der Waals surface area contributed by atoms with Gasteiger partial charge in [0.2, 0.25) is 5.95 Å². The molecule has 0 bridgehead atoms. The van der Waals surface area contributed by atoms with Gasteiger partial charge in [-0.25, -0.2) is 19.7 Å². The molecule has 10 heteroatoms. The number of alkyl halides is 3. The summed E-state index contributed by atoms with van der Waals surface area (Å²) in [7, 11) is 0. The number of aromatic nitrogens is 2. The molecule has 0 radical (unpaired) electrons. The van der Waals surface area contributed by atoms with Crippen LogP contribution in [0.2, 0.25) is 10.0 Å². The van der Waals surface area contributed by atoms with Crippen molar-refractivity contribution in [2.45, 2.75) is 38.8 Å². The molecule has 1 aliphatic carbocycles. The van der Waals surface area contributed by atoms with Crippen molar-refractivity contribution in [1.82, 2.24) is 9.97 Å². The Bertz CT molecular complexity index is 918. The Morgan fingerprint density at radius 2 is 1.85 bits per heavy atom. The quantitative estimate of drug-likeness (QED) is 0.727. The molecule has 0 atom stereocenters. The highest BCUT2D eigenvalue weighted by Gasteiger charge is 2.39. The molecular formula is C17H15Cl2F3N4O. The van der Waals surface area contributed by atoms with Crippen molar-refractivity contribution in [2.75, 3.05) is 4.90 Å². The van der Waals surface area contributed by atoms with Gasteiger partial charge < -0.3 is 5.73 Å². The van der Waals surface area contributed by atoms with Crippen molar-refractivity contribution in [1.29, 1.82) is 0 Å². The number of carbonyl (C=O) groups is 1. The fourth-order valence-corrected chi connectivity index (χ4v) is 3.61. The average Bonchev–Trinajstić information content (AvgIpc) is 2.60. The van der Waals surface area contributed by atoms with Crippen LogP contribution >= 0.6 is 23.2 Å². The minimum atomic E-state index is -4.69. The third kappa shape index (κ3) is 3.68. The van der Waals surface area contributed by atoms with Gasteiger partial charge in [-0.15, -0.1) is 0 Å². The fourth-order valence-electron chi connectivity index (χ4n) is 3.07. The van der Waals surface area contributed by atoms with E-state index in [1.165, 1.54) is 6.07 Å². The largest absolute Gasteiger partial charge is 0.433 e. The lowest BCUT2D eigenvalue weighted by atomic mass is 9.94. The minimum absolute atomic E-state index is 0.0410. The van der Waals surface area contributed by atoms with Gasteiger partial charge in [-0.3, -0.25) is 0 Å². The first-order valence-electron chi connectivity index (χ1n) is 8.12. The van der Waals surface area contributed by atoms with Crippen molar-refractivity contribution in [3.05, 3.63) is 44.7 Å². The predicted molar refractivity (Wildman–Crippen MR) is 96.6 cm³/mol. The summed E-state index contributed by atoms with van der Waals surface area (Å²) in [5.41, 5.74) is 5.20. The molecule has 0 aliphatic heterocycles. The van der Waals surface area contributed by atoms with Crippen molar-refractivity contribution in [3.8, 4) is 0 Å². The summed E-state index contributed by atoms with van der Waals surface area (Å²) >= 11 is 12.4. The van der Waals surface area contributed by atoms with Crippen molar-refractivity contribution < 1.29 is 18.0 Å². The number of benzene rings is 1. The van der Waals surface area contributed by atoms with Gasteiger partial charge >= 0.3 is 12.2 Å². The number of fused-ring (bicyclic) bond motifs is 1. The molecule has 27 heavy (non-hydrogen) atoms. The Hall–Kier alpha value is -2.06. The number of hydrogen-bond donors (Lipinski definition) is 1. The number of urea groups is 1. The summed E-state index contributed by atoms with van der Waals surface area (Å²) in [4.78, 5) is 20.7. The van der Waals surface area contributed by atoms with E-state index < -0.39 is 23.8 Å². The minimum Gasteiger partial charge on any atom is -0.351 e. The first-order valence-corrected chi connectivity index (χ1v) is 8.88. The summed E-state index contributed by atoms with van der Waals surface area (Å²) in [6.45, 7) is 1.66. The number of amides is 2. The molecule has 5 nitrogen and oxygen atoms in total. The summed E-state index contributed by atoms with van der Waals surface area (Å²) in [6, 6.07) is 1.99. The molecule has 1 aromatic heterocycles. The van der Waals surface area contributed by atoms with Gasteiger partial charge in [0, 0.05) is 11.3 Å². The topological polar surface area (TPSA) is 72.1 Å². The van der Waals surface area contributed by atoms with E-state index in [-0.39, 0.29) is 33.4 Å².